The minimum Gasteiger partial charge on any atom is -0.481 e. The fourth-order valence-electron chi connectivity index (χ4n) is 2.46. The molecule has 1 N–H and O–H groups in total. The van der Waals surface area contributed by atoms with E-state index in [9.17, 15) is 14.9 Å². The van der Waals surface area contributed by atoms with Crippen LogP contribution in [0.15, 0.2) is 18.2 Å². The fourth-order valence-corrected chi connectivity index (χ4v) is 2.46. The SMILES string of the molecule is CN(C)c1ccc2c(c1)C(C#N)N(CCCC(=O)O)C2=O. The molecule has 1 heterocycles. The van der Waals surface area contributed by atoms with Crippen LogP contribution in [0.5, 0.6) is 0 Å². The van der Waals surface area contributed by atoms with Crippen LogP contribution in [0.3, 0.4) is 0 Å². The molecule has 6 heteroatoms. The number of amides is 1. The van der Waals surface area contributed by atoms with Crippen molar-refractivity contribution in [2.24, 2.45) is 0 Å². The largest absolute Gasteiger partial charge is 0.481 e. The van der Waals surface area contributed by atoms with Crippen molar-refractivity contribution in [1.29, 1.82) is 5.26 Å². The predicted octanol–water partition coefficient (Wildman–Crippen LogP) is 1.64. The van der Waals surface area contributed by atoms with Crippen molar-refractivity contribution >= 4 is 17.6 Å². The van der Waals surface area contributed by atoms with Gasteiger partial charge in [-0.1, -0.05) is 0 Å². The van der Waals surface area contributed by atoms with E-state index in [1.54, 1.807) is 6.07 Å². The number of nitriles is 1. The average molecular weight is 287 g/mol. The van der Waals surface area contributed by atoms with E-state index < -0.39 is 12.0 Å². The lowest BCUT2D eigenvalue weighted by Crippen LogP contribution is -2.28. The minimum atomic E-state index is -0.900. The van der Waals surface area contributed by atoms with Gasteiger partial charge in [0.25, 0.3) is 5.91 Å². The maximum Gasteiger partial charge on any atom is 0.303 e. The van der Waals surface area contributed by atoms with Gasteiger partial charge in [0.2, 0.25) is 0 Å². The third-order valence-electron chi connectivity index (χ3n) is 3.56. The van der Waals surface area contributed by atoms with E-state index >= 15 is 0 Å². The smallest absolute Gasteiger partial charge is 0.303 e. The fraction of sp³-hybridized carbons (Fsp3) is 0.400. The number of hydrogen-bond acceptors (Lipinski definition) is 4. The second kappa shape index (κ2) is 5.83. The summed E-state index contributed by atoms with van der Waals surface area (Å²) in [5.74, 6) is -1.10. The molecular weight excluding hydrogens is 270 g/mol. The molecule has 0 bridgehead atoms. The van der Waals surface area contributed by atoms with E-state index in [0.717, 1.165) is 5.69 Å². The molecule has 0 spiro atoms. The summed E-state index contributed by atoms with van der Waals surface area (Å²) in [6, 6.07) is 6.92. The van der Waals surface area contributed by atoms with Crippen molar-refractivity contribution in [1.82, 2.24) is 4.90 Å². The first kappa shape index (κ1) is 14.9. The lowest BCUT2D eigenvalue weighted by atomic mass is 10.0. The van der Waals surface area contributed by atoms with Gasteiger partial charge in [-0.05, 0) is 24.6 Å². The van der Waals surface area contributed by atoms with Crippen LogP contribution < -0.4 is 4.90 Å². The molecule has 0 aliphatic carbocycles. The van der Waals surface area contributed by atoms with Crippen LogP contribution in [0.2, 0.25) is 0 Å². The summed E-state index contributed by atoms with van der Waals surface area (Å²) >= 11 is 0. The molecule has 1 aromatic carbocycles. The van der Waals surface area contributed by atoms with E-state index in [1.165, 1.54) is 4.90 Å². The third kappa shape index (κ3) is 2.82. The first-order valence-corrected chi connectivity index (χ1v) is 6.69. The van der Waals surface area contributed by atoms with E-state index in [1.807, 2.05) is 31.1 Å². The summed E-state index contributed by atoms with van der Waals surface area (Å²) in [4.78, 5) is 26.3. The molecule has 2 rings (SSSR count). The van der Waals surface area contributed by atoms with Crippen molar-refractivity contribution in [3.05, 3.63) is 29.3 Å². The molecule has 1 aromatic rings. The predicted molar refractivity (Wildman–Crippen MR) is 77.0 cm³/mol. The molecule has 0 fully saturated rings. The first-order valence-electron chi connectivity index (χ1n) is 6.69. The Kier molecular flexibility index (Phi) is 4.13. The Balaban J connectivity index is 2.26. The van der Waals surface area contributed by atoms with Gasteiger partial charge in [0.15, 0.2) is 0 Å². The summed E-state index contributed by atoms with van der Waals surface area (Å²) < 4.78 is 0. The molecule has 1 unspecified atom stereocenters. The van der Waals surface area contributed by atoms with Gasteiger partial charge < -0.3 is 14.9 Å². The second-order valence-corrected chi connectivity index (χ2v) is 5.19. The number of nitrogens with zero attached hydrogens (tertiary/aromatic N) is 3. The zero-order valence-corrected chi connectivity index (χ0v) is 12.0. The second-order valence-electron chi connectivity index (χ2n) is 5.19. The van der Waals surface area contributed by atoms with E-state index in [4.69, 9.17) is 5.11 Å². The molecule has 6 nitrogen and oxygen atoms in total. The molecule has 0 radical (unpaired) electrons. The number of benzene rings is 1. The highest BCUT2D eigenvalue weighted by molar-refractivity contribution is 6.00. The normalized spacial score (nSPS) is 16.5. The van der Waals surface area contributed by atoms with Gasteiger partial charge in [-0.15, -0.1) is 0 Å². The van der Waals surface area contributed by atoms with Gasteiger partial charge in [0.05, 0.1) is 6.07 Å². The van der Waals surface area contributed by atoms with Gasteiger partial charge in [0.1, 0.15) is 6.04 Å². The zero-order valence-electron chi connectivity index (χ0n) is 12.0. The number of fused-ring (bicyclic) bond motifs is 1. The van der Waals surface area contributed by atoms with E-state index in [-0.39, 0.29) is 18.9 Å². The topological polar surface area (TPSA) is 84.6 Å². The van der Waals surface area contributed by atoms with Crippen molar-refractivity contribution in [2.45, 2.75) is 18.9 Å². The van der Waals surface area contributed by atoms with Gasteiger partial charge in [0, 0.05) is 43.9 Å². The summed E-state index contributed by atoms with van der Waals surface area (Å²) in [6.45, 7) is 0.273. The standard InChI is InChI=1S/C15H17N3O3/c1-17(2)10-5-6-11-12(8-10)13(9-16)18(15(11)21)7-3-4-14(19)20/h5-6,8,13H,3-4,7H2,1-2H3,(H,19,20). The molecule has 0 saturated heterocycles. The highest BCUT2D eigenvalue weighted by Crippen LogP contribution is 2.35. The quantitative estimate of drug-likeness (QED) is 0.889. The van der Waals surface area contributed by atoms with Crippen molar-refractivity contribution in [2.75, 3.05) is 25.5 Å². The zero-order chi connectivity index (χ0) is 15.6. The van der Waals surface area contributed by atoms with Crippen molar-refractivity contribution < 1.29 is 14.7 Å². The molecule has 1 amide bonds. The van der Waals surface area contributed by atoms with Gasteiger partial charge in [-0.3, -0.25) is 9.59 Å². The average Bonchev–Trinajstić information content (AvgIpc) is 2.70. The van der Waals surface area contributed by atoms with Crippen LogP contribution in [0.4, 0.5) is 5.69 Å². The lowest BCUT2D eigenvalue weighted by molar-refractivity contribution is -0.137. The Morgan fingerprint density at radius 1 is 1.48 bits per heavy atom. The number of carboxylic acids is 1. The van der Waals surface area contributed by atoms with Crippen LogP contribution in [-0.2, 0) is 4.79 Å². The summed E-state index contributed by atoms with van der Waals surface area (Å²) in [5.41, 5.74) is 2.15. The van der Waals surface area contributed by atoms with Gasteiger partial charge >= 0.3 is 5.97 Å². The summed E-state index contributed by atoms with van der Waals surface area (Å²) in [7, 11) is 3.79. The molecule has 1 atom stereocenters. The molecule has 0 aromatic heterocycles. The van der Waals surface area contributed by atoms with Crippen LogP contribution in [0, 0.1) is 11.3 Å². The maximum absolute atomic E-state index is 12.3. The molecule has 110 valence electrons. The Labute approximate surface area is 123 Å². The Bertz CT molecular complexity index is 619. The van der Waals surface area contributed by atoms with Crippen LogP contribution >= 0.6 is 0 Å². The summed E-state index contributed by atoms with van der Waals surface area (Å²) in [6.07, 6.45) is 0.328. The van der Waals surface area contributed by atoms with Gasteiger partial charge in [-0.2, -0.15) is 5.26 Å². The molecule has 21 heavy (non-hydrogen) atoms. The number of hydrogen-bond donors (Lipinski definition) is 1. The number of rotatable bonds is 5. The minimum absolute atomic E-state index is 0.0127. The summed E-state index contributed by atoms with van der Waals surface area (Å²) in [5, 5.41) is 18.0. The monoisotopic (exact) mass is 287 g/mol. The van der Waals surface area contributed by atoms with E-state index in [0.29, 0.717) is 17.5 Å². The molecule has 0 saturated carbocycles. The lowest BCUT2D eigenvalue weighted by Gasteiger charge is -2.19. The maximum atomic E-state index is 12.3. The van der Waals surface area contributed by atoms with Crippen LogP contribution in [0.1, 0.15) is 34.8 Å². The molecule has 1 aliphatic heterocycles. The highest BCUT2D eigenvalue weighted by Gasteiger charge is 2.36. The van der Waals surface area contributed by atoms with Gasteiger partial charge in [-0.25, -0.2) is 0 Å². The van der Waals surface area contributed by atoms with Crippen LogP contribution in [0.25, 0.3) is 0 Å². The first-order chi connectivity index (χ1) is 9.95. The number of carbonyl (C=O) groups is 2. The highest BCUT2D eigenvalue weighted by atomic mass is 16.4. The van der Waals surface area contributed by atoms with E-state index in [2.05, 4.69) is 6.07 Å². The number of aliphatic carboxylic acids is 1. The van der Waals surface area contributed by atoms with Crippen molar-refractivity contribution in [3.8, 4) is 6.07 Å². The molecular formula is C15H17N3O3. The Hall–Kier alpha value is -2.55. The Morgan fingerprint density at radius 2 is 2.19 bits per heavy atom. The third-order valence-corrected chi connectivity index (χ3v) is 3.56. The molecule has 1 aliphatic rings. The Morgan fingerprint density at radius 3 is 2.76 bits per heavy atom. The van der Waals surface area contributed by atoms with Crippen LogP contribution in [-0.4, -0.2) is 42.5 Å². The number of carboxylic acid groups (broad SMARTS) is 1. The number of anilines is 1. The van der Waals surface area contributed by atoms with Crippen molar-refractivity contribution in [3.63, 3.8) is 0 Å². The number of carbonyl (C=O) groups excluding carboxylic acids is 1.